The third-order valence-electron chi connectivity index (χ3n) is 6.63. The van der Waals surface area contributed by atoms with Crippen LogP contribution in [0.15, 0.2) is 97.1 Å². The summed E-state index contributed by atoms with van der Waals surface area (Å²) in [5, 5.41) is 13.1. The van der Waals surface area contributed by atoms with Crippen molar-refractivity contribution < 1.29 is 43.3 Å². The van der Waals surface area contributed by atoms with Crippen molar-refractivity contribution in [3.05, 3.63) is 135 Å². The normalized spacial score (nSPS) is 11.7. The van der Waals surface area contributed by atoms with Gasteiger partial charge in [0.1, 0.15) is 0 Å². The summed E-state index contributed by atoms with van der Waals surface area (Å²) >= 11 is 5.85. The number of anilines is 1. The maximum atomic E-state index is 13.2. The molecule has 0 spiro atoms. The highest BCUT2D eigenvalue weighted by Gasteiger charge is 2.41. The van der Waals surface area contributed by atoms with Crippen LogP contribution in [0.25, 0.3) is 0 Å². The number of carboxylic acids is 1. The third kappa shape index (κ3) is 9.25. The third-order valence-corrected chi connectivity index (χ3v) is 6.88. The maximum absolute atomic E-state index is 13.2. The van der Waals surface area contributed by atoms with Gasteiger partial charge >= 0.3 is 17.9 Å². The fourth-order valence-corrected chi connectivity index (χ4v) is 4.14. The molecule has 0 heterocycles. The van der Waals surface area contributed by atoms with E-state index in [4.69, 9.17) is 21.1 Å². The number of carboxylic acid groups (broad SMARTS) is 1. The summed E-state index contributed by atoms with van der Waals surface area (Å²) in [5.41, 5.74) is 6.55. The fourth-order valence-electron chi connectivity index (χ4n) is 4.01. The van der Waals surface area contributed by atoms with Crippen molar-refractivity contribution in [2.75, 3.05) is 5.32 Å². The van der Waals surface area contributed by atoms with Crippen molar-refractivity contribution in [3.8, 4) is 0 Å². The second-order valence-electron chi connectivity index (χ2n) is 10.2. The minimum atomic E-state index is -2.29. The molecule has 0 fully saturated rings. The maximum Gasteiger partial charge on any atom is 0.349 e. The average Bonchev–Trinajstić information content (AvgIpc) is 3.06. The van der Waals surface area contributed by atoms with E-state index in [0.717, 1.165) is 11.1 Å². The van der Waals surface area contributed by atoms with Crippen molar-refractivity contribution in [1.82, 2.24) is 10.9 Å². The predicted octanol–water partition coefficient (Wildman–Crippen LogP) is 4.51. The molecule has 0 radical (unpaired) electrons. The number of hydrogen-bond acceptors (Lipinski definition) is 8. The summed E-state index contributed by atoms with van der Waals surface area (Å²) in [6.45, 7) is 3.56. The zero-order valence-corrected chi connectivity index (χ0v) is 25.7. The highest BCUT2D eigenvalue weighted by molar-refractivity contribution is 6.30. The number of nitrogens with one attached hydrogen (secondary N) is 3. The lowest BCUT2D eigenvalue weighted by molar-refractivity contribution is -0.159. The first-order valence-corrected chi connectivity index (χ1v) is 14.3. The summed E-state index contributed by atoms with van der Waals surface area (Å²) < 4.78 is 10.4. The van der Waals surface area contributed by atoms with Gasteiger partial charge in [-0.3, -0.25) is 25.2 Å². The minimum Gasteiger partial charge on any atom is -0.478 e. The van der Waals surface area contributed by atoms with Crippen molar-refractivity contribution in [2.45, 2.75) is 26.1 Å². The quantitative estimate of drug-likeness (QED) is 0.141. The highest BCUT2D eigenvalue weighted by atomic mass is 35.5. The number of ether oxygens (including phenoxy) is 2. The van der Waals surface area contributed by atoms with Gasteiger partial charge in [0.05, 0.1) is 11.1 Å². The first-order chi connectivity index (χ1) is 22.4. The van der Waals surface area contributed by atoms with Gasteiger partial charge in [-0.25, -0.2) is 14.4 Å². The zero-order chi connectivity index (χ0) is 34.1. The lowest BCUT2D eigenvalue weighted by atomic mass is 10.1. The van der Waals surface area contributed by atoms with Crippen molar-refractivity contribution in [3.63, 3.8) is 0 Å². The zero-order valence-electron chi connectivity index (χ0n) is 25.0. The van der Waals surface area contributed by atoms with Crippen LogP contribution in [0, 0.1) is 13.8 Å². The van der Waals surface area contributed by atoms with Gasteiger partial charge < -0.3 is 19.9 Å². The molecule has 0 aromatic heterocycles. The lowest BCUT2D eigenvalue weighted by Gasteiger charge is -2.23. The Morgan fingerprint density at radius 3 is 1.49 bits per heavy atom. The molecular weight excluding hydrogens is 630 g/mol. The molecule has 240 valence electrons. The van der Waals surface area contributed by atoms with E-state index in [0.29, 0.717) is 16.3 Å². The van der Waals surface area contributed by atoms with Crippen LogP contribution < -0.4 is 16.2 Å². The second-order valence-corrected chi connectivity index (χ2v) is 10.6. The molecule has 4 aromatic rings. The number of halogens is 1. The molecule has 0 saturated heterocycles. The number of aryl methyl sites for hydroxylation is 2. The molecule has 4 N–H and O–H groups in total. The molecule has 4 aromatic carbocycles. The van der Waals surface area contributed by atoms with Crippen LogP contribution in [0.2, 0.25) is 5.02 Å². The molecule has 13 heteroatoms. The van der Waals surface area contributed by atoms with Crippen molar-refractivity contribution in [2.24, 2.45) is 0 Å². The SMILES string of the molecule is Cc1ccc(C(=O)O[C@@H](C(=O)O)[C@@H](OC(=O)c2ccc(C)cc2)C(=O)NNC(=O)c2ccc(NC(=O)c3ccc(Cl)cc3)cc2)cc1. The monoisotopic (exact) mass is 657 g/mol. The first kappa shape index (κ1) is 33.9. The predicted molar refractivity (Wildman–Crippen MR) is 170 cm³/mol. The van der Waals surface area contributed by atoms with Gasteiger partial charge in [-0.05, 0) is 86.6 Å². The number of rotatable bonds is 10. The number of amides is 3. The largest absolute Gasteiger partial charge is 0.478 e. The van der Waals surface area contributed by atoms with Gasteiger partial charge in [-0.2, -0.15) is 0 Å². The summed E-state index contributed by atoms with van der Waals surface area (Å²) in [4.78, 5) is 76.4. The molecular formula is C34H28ClN3O9. The molecule has 0 aliphatic heterocycles. The molecule has 0 unspecified atom stereocenters. The van der Waals surface area contributed by atoms with Gasteiger partial charge in [-0.15, -0.1) is 0 Å². The summed E-state index contributed by atoms with van der Waals surface area (Å²) in [7, 11) is 0. The Morgan fingerprint density at radius 1 is 0.574 bits per heavy atom. The number of hydrazine groups is 1. The number of carbonyl (C=O) groups is 6. The highest BCUT2D eigenvalue weighted by Crippen LogP contribution is 2.16. The van der Waals surface area contributed by atoms with E-state index in [-0.39, 0.29) is 16.7 Å². The van der Waals surface area contributed by atoms with Crippen LogP contribution in [0.4, 0.5) is 5.69 Å². The fraction of sp³-hybridized carbons (Fsp3) is 0.118. The Morgan fingerprint density at radius 2 is 1.00 bits per heavy atom. The van der Waals surface area contributed by atoms with Gasteiger partial charge in [0, 0.05) is 21.8 Å². The number of carbonyl (C=O) groups excluding carboxylic acids is 5. The van der Waals surface area contributed by atoms with Gasteiger partial charge in [0.15, 0.2) is 0 Å². The average molecular weight is 658 g/mol. The van der Waals surface area contributed by atoms with Gasteiger partial charge in [-0.1, -0.05) is 47.0 Å². The Bertz CT molecular complexity index is 1790. The first-order valence-electron chi connectivity index (χ1n) is 14.0. The summed E-state index contributed by atoms with van der Waals surface area (Å²) in [5.74, 6) is -6.49. The van der Waals surface area contributed by atoms with E-state index in [2.05, 4.69) is 10.7 Å². The minimum absolute atomic E-state index is 0.00493. The van der Waals surface area contributed by atoms with E-state index in [1.54, 1.807) is 62.4 Å². The van der Waals surface area contributed by atoms with Crippen LogP contribution in [-0.2, 0) is 19.1 Å². The van der Waals surface area contributed by atoms with E-state index in [9.17, 15) is 33.9 Å². The molecule has 47 heavy (non-hydrogen) atoms. The summed E-state index contributed by atoms with van der Waals surface area (Å²) in [6, 6.07) is 23.9. The standard InChI is InChI=1S/C34H28ClN3O9/c1-19-3-7-23(8-4-19)33(44)46-27(28(32(42)43)47-34(45)24-9-5-20(2)6-10-24)31(41)38-37-30(40)22-13-17-26(18-14-22)36-29(39)21-11-15-25(35)16-12-21/h3-18,27-28H,1-2H3,(H,36,39)(H,37,40)(H,38,41)(H,42,43)/t27-,28-/m1/s1. The Hall–Kier alpha value is -6.01. The van der Waals surface area contributed by atoms with Gasteiger partial charge in [0.2, 0.25) is 12.2 Å². The molecule has 0 saturated carbocycles. The van der Waals surface area contributed by atoms with Crippen LogP contribution in [-0.4, -0.2) is 52.9 Å². The van der Waals surface area contributed by atoms with E-state index < -0.39 is 47.8 Å². The van der Waals surface area contributed by atoms with Crippen LogP contribution in [0.5, 0.6) is 0 Å². The molecule has 0 bridgehead atoms. The summed E-state index contributed by atoms with van der Waals surface area (Å²) in [6.07, 6.45) is -4.51. The molecule has 0 aliphatic rings. The molecule has 4 rings (SSSR count). The molecule has 0 aliphatic carbocycles. The molecule has 12 nitrogen and oxygen atoms in total. The number of benzene rings is 4. The number of esters is 2. The van der Waals surface area contributed by atoms with E-state index in [1.807, 2.05) is 5.43 Å². The van der Waals surface area contributed by atoms with Crippen LogP contribution in [0.3, 0.4) is 0 Å². The van der Waals surface area contributed by atoms with E-state index in [1.165, 1.54) is 48.5 Å². The second kappa shape index (κ2) is 15.3. The van der Waals surface area contributed by atoms with Crippen LogP contribution in [0.1, 0.15) is 52.6 Å². The molecule has 3 amide bonds. The molecule has 2 atom stereocenters. The van der Waals surface area contributed by atoms with E-state index >= 15 is 0 Å². The lowest BCUT2D eigenvalue weighted by Crippen LogP contribution is -2.54. The van der Waals surface area contributed by atoms with Crippen molar-refractivity contribution >= 4 is 52.9 Å². The Kier molecular flexibility index (Phi) is 11.0. The Labute approximate surface area is 273 Å². The van der Waals surface area contributed by atoms with Crippen molar-refractivity contribution in [1.29, 1.82) is 0 Å². The smallest absolute Gasteiger partial charge is 0.349 e. The number of hydrogen-bond donors (Lipinski definition) is 4. The van der Waals surface area contributed by atoms with Gasteiger partial charge in [0.25, 0.3) is 17.7 Å². The van der Waals surface area contributed by atoms with Crippen LogP contribution >= 0.6 is 11.6 Å². The Balaban J connectivity index is 1.47. The topological polar surface area (TPSA) is 177 Å². The number of aliphatic carboxylic acids is 1.